The molecule has 3 heteroatoms. The third-order valence-corrected chi connectivity index (χ3v) is 2.01. The molecular weight excluding hydrogens is 190 g/mol. The third-order valence-electron chi connectivity index (χ3n) is 2.01. The maximum absolute atomic E-state index is 5.34. The highest BCUT2D eigenvalue weighted by molar-refractivity contribution is 5.94. The molecule has 0 aromatic heterocycles. The fourth-order valence-corrected chi connectivity index (χ4v) is 1.33. The number of nitrogens with zero attached hydrogens (tertiary/aromatic N) is 1. The van der Waals surface area contributed by atoms with Gasteiger partial charge in [0.25, 0.3) is 0 Å². The van der Waals surface area contributed by atoms with E-state index in [0.29, 0.717) is 12.5 Å². The molecule has 1 aromatic rings. The number of benzene rings is 1. The van der Waals surface area contributed by atoms with Gasteiger partial charge < -0.3 is 9.47 Å². The van der Waals surface area contributed by atoms with Crippen LogP contribution in [0.3, 0.4) is 0 Å². The summed E-state index contributed by atoms with van der Waals surface area (Å²) in [5.41, 5.74) is 0.973. The molecule has 76 valence electrons. The van der Waals surface area contributed by atoms with Crippen molar-refractivity contribution in [2.45, 2.75) is 0 Å². The van der Waals surface area contributed by atoms with Gasteiger partial charge in [0.15, 0.2) is 0 Å². The van der Waals surface area contributed by atoms with Gasteiger partial charge in [-0.25, -0.2) is 4.99 Å². The first-order chi connectivity index (χ1) is 7.40. The molecule has 2 rings (SSSR count). The fourth-order valence-electron chi connectivity index (χ4n) is 1.33. The molecule has 1 heterocycles. The number of hydrogen-bond acceptors (Lipinski definition) is 3. The molecule has 1 aromatic carbocycles. The number of aliphatic imine (C=N–C) groups is 1. The lowest BCUT2D eigenvalue weighted by molar-refractivity contribution is 0.348. The quantitative estimate of drug-likeness (QED) is 0.693. The molecule has 0 atom stereocenters. The Morgan fingerprint density at radius 2 is 2.20 bits per heavy atom. The average molecular weight is 201 g/mol. The summed E-state index contributed by atoms with van der Waals surface area (Å²) in [6.45, 7) is 1.70. The molecule has 3 nitrogen and oxygen atoms in total. The van der Waals surface area contributed by atoms with E-state index in [1.54, 1.807) is 0 Å². The first-order valence-electron chi connectivity index (χ1n) is 4.74. The predicted octanol–water partition coefficient (Wildman–Crippen LogP) is 1.48. The minimum Gasteiger partial charge on any atom is -0.481 e. The van der Waals surface area contributed by atoms with E-state index in [1.807, 2.05) is 24.3 Å². The van der Waals surface area contributed by atoms with Crippen LogP contribution in [0.4, 0.5) is 0 Å². The minimum absolute atomic E-state index is 0.288. The Kier molecular flexibility index (Phi) is 2.89. The van der Waals surface area contributed by atoms with Gasteiger partial charge in [0.05, 0.1) is 6.54 Å². The molecule has 0 fully saturated rings. The topological polar surface area (TPSA) is 30.8 Å². The van der Waals surface area contributed by atoms with Crippen LogP contribution in [0.5, 0.6) is 5.75 Å². The molecule has 1 aliphatic rings. The van der Waals surface area contributed by atoms with Crippen LogP contribution in [0.1, 0.15) is 5.56 Å². The molecule has 0 saturated carbocycles. The van der Waals surface area contributed by atoms with Crippen LogP contribution in [0.2, 0.25) is 0 Å². The summed E-state index contributed by atoms with van der Waals surface area (Å²) in [4.78, 5) is 4.22. The summed E-state index contributed by atoms with van der Waals surface area (Å²) in [5, 5.41) is 0. The van der Waals surface area contributed by atoms with Gasteiger partial charge in [0.1, 0.15) is 19.0 Å². The highest BCUT2D eigenvalue weighted by Gasteiger charge is 2.09. The molecule has 15 heavy (non-hydrogen) atoms. The molecule has 1 aliphatic heterocycles. The van der Waals surface area contributed by atoms with Gasteiger partial charge in [-0.3, -0.25) is 0 Å². The number of terminal acetylenes is 1. The van der Waals surface area contributed by atoms with E-state index in [-0.39, 0.29) is 6.61 Å². The average Bonchev–Trinajstić information content (AvgIpc) is 2.80. The van der Waals surface area contributed by atoms with Crippen molar-refractivity contribution in [3.63, 3.8) is 0 Å². The van der Waals surface area contributed by atoms with Crippen molar-refractivity contribution >= 4 is 5.90 Å². The van der Waals surface area contributed by atoms with E-state index < -0.39 is 0 Å². The molecule has 0 spiro atoms. The van der Waals surface area contributed by atoms with Crippen LogP contribution in [0.25, 0.3) is 0 Å². The second-order valence-electron chi connectivity index (χ2n) is 3.05. The second-order valence-corrected chi connectivity index (χ2v) is 3.05. The second kappa shape index (κ2) is 4.52. The zero-order chi connectivity index (χ0) is 10.5. The number of rotatable bonds is 3. The Morgan fingerprint density at radius 3 is 2.80 bits per heavy atom. The van der Waals surface area contributed by atoms with Gasteiger partial charge in [-0.2, -0.15) is 0 Å². The molecule has 0 radical (unpaired) electrons. The van der Waals surface area contributed by atoms with Crippen molar-refractivity contribution < 1.29 is 9.47 Å². The van der Waals surface area contributed by atoms with Crippen LogP contribution in [0.15, 0.2) is 29.3 Å². The van der Waals surface area contributed by atoms with E-state index in [1.165, 1.54) is 0 Å². The zero-order valence-electron chi connectivity index (χ0n) is 8.27. The maximum Gasteiger partial charge on any atom is 0.216 e. The molecule has 0 unspecified atom stereocenters. The molecule has 0 amide bonds. The van der Waals surface area contributed by atoms with Crippen LogP contribution in [0, 0.1) is 12.3 Å². The standard InChI is InChI=1S/C12H11NO2/c1-2-8-14-11-5-3-10(4-6-11)12-13-7-9-15-12/h1,3-6H,7-9H2. The van der Waals surface area contributed by atoms with Gasteiger partial charge >= 0.3 is 0 Å². The van der Waals surface area contributed by atoms with Crippen molar-refractivity contribution in [2.75, 3.05) is 19.8 Å². The highest BCUT2D eigenvalue weighted by Crippen LogP contribution is 2.14. The smallest absolute Gasteiger partial charge is 0.216 e. The lowest BCUT2D eigenvalue weighted by atomic mass is 10.2. The largest absolute Gasteiger partial charge is 0.481 e. The highest BCUT2D eigenvalue weighted by atomic mass is 16.5. The van der Waals surface area contributed by atoms with E-state index in [9.17, 15) is 0 Å². The molecular formula is C12H11NO2. The molecule has 0 saturated heterocycles. The zero-order valence-corrected chi connectivity index (χ0v) is 8.27. The summed E-state index contributed by atoms with van der Waals surface area (Å²) in [6, 6.07) is 7.54. The SMILES string of the molecule is C#CCOc1ccc(C2=NCCO2)cc1. The minimum atomic E-state index is 0.288. The Labute approximate surface area is 88.7 Å². The van der Waals surface area contributed by atoms with Crippen molar-refractivity contribution in [3.05, 3.63) is 29.8 Å². The van der Waals surface area contributed by atoms with Gasteiger partial charge in [-0.1, -0.05) is 5.92 Å². The molecule has 0 N–H and O–H groups in total. The summed E-state index contributed by atoms with van der Waals surface area (Å²) in [5.74, 6) is 3.88. The van der Waals surface area contributed by atoms with E-state index in [2.05, 4.69) is 10.9 Å². The normalized spacial score (nSPS) is 13.9. The van der Waals surface area contributed by atoms with E-state index in [0.717, 1.165) is 17.9 Å². The summed E-state index contributed by atoms with van der Waals surface area (Å²) >= 11 is 0. The van der Waals surface area contributed by atoms with E-state index in [4.69, 9.17) is 15.9 Å². The van der Waals surface area contributed by atoms with Crippen molar-refractivity contribution in [2.24, 2.45) is 4.99 Å². The van der Waals surface area contributed by atoms with Crippen molar-refractivity contribution in [3.8, 4) is 18.1 Å². The number of hydrogen-bond donors (Lipinski definition) is 0. The monoisotopic (exact) mass is 201 g/mol. The lowest BCUT2D eigenvalue weighted by Crippen LogP contribution is -2.01. The summed E-state index contributed by atoms with van der Waals surface area (Å²) < 4.78 is 10.6. The Bertz CT molecular complexity index is 401. The Balaban J connectivity index is 2.07. The van der Waals surface area contributed by atoms with Gasteiger partial charge in [-0.05, 0) is 24.3 Å². The van der Waals surface area contributed by atoms with Gasteiger partial charge in [0, 0.05) is 5.56 Å². The first kappa shape index (κ1) is 9.60. The van der Waals surface area contributed by atoms with Crippen LogP contribution < -0.4 is 4.74 Å². The Hall–Kier alpha value is -1.95. The fraction of sp³-hybridized carbons (Fsp3) is 0.250. The van der Waals surface area contributed by atoms with Crippen molar-refractivity contribution in [1.82, 2.24) is 0 Å². The summed E-state index contributed by atoms with van der Waals surface area (Å²) in [7, 11) is 0. The molecule has 0 aliphatic carbocycles. The third kappa shape index (κ3) is 2.29. The lowest BCUT2D eigenvalue weighted by Gasteiger charge is -2.04. The molecule has 0 bridgehead atoms. The van der Waals surface area contributed by atoms with Crippen LogP contribution >= 0.6 is 0 Å². The van der Waals surface area contributed by atoms with Crippen LogP contribution in [-0.4, -0.2) is 25.7 Å². The summed E-state index contributed by atoms with van der Waals surface area (Å²) in [6.07, 6.45) is 5.09. The maximum atomic E-state index is 5.34. The van der Waals surface area contributed by atoms with Crippen LogP contribution in [-0.2, 0) is 4.74 Å². The van der Waals surface area contributed by atoms with Gasteiger partial charge in [0.2, 0.25) is 5.90 Å². The Morgan fingerprint density at radius 1 is 1.40 bits per heavy atom. The predicted molar refractivity (Wildman–Crippen MR) is 58.1 cm³/mol. The first-order valence-corrected chi connectivity index (χ1v) is 4.74. The van der Waals surface area contributed by atoms with Gasteiger partial charge in [-0.15, -0.1) is 6.42 Å². The van der Waals surface area contributed by atoms with E-state index >= 15 is 0 Å². The van der Waals surface area contributed by atoms with Crippen molar-refractivity contribution in [1.29, 1.82) is 0 Å². The number of ether oxygens (including phenoxy) is 2.